The van der Waals surface area contributed by atoms with Crippen LogP contribution < -0.4 is 10.6 Å². The maximum Gasteiger partial charge on any atom is 0.243 e. The van der Waals surface area contributed by atoms with Crippen LogP contribution in [0.15, 0.2) is 54.7 Å². The van der Waals surface area contributed by atoms with Crippen molar-refractivity contribution in [1.29, 1.82) is 0 Å². The molecule has 0 bridgehead atoms. The fraction of sp³-hybridized carbons (Fsp3) is 0.0588. The van der Waals surface area contributed by atoms with E-state index in [-0.39, 0.29) is 12.5 Å². The molecule has 3 rings (SSSR count). The average molecular weight is 346 g/mol. The first kappa shape index (κ1) is 15.6. The molecule has 1 heterocycles. The van der Waals surface area contributed by atoms with Crippen molar-refractivity contribution < 1.29 is 4.79 Å². The number of nitrogens with zero attached hydrogens (tertiary/aromatic N) is 1. The number of pyridine rings is 1. The monoisotopic (exact) mass is 345 g/mol. The molecule has 0 unspecified atom stereocenters. The molecule has 116 valence electrons. The van der Waals surface area contributed by atoms with E-state index in [1.165, 1.54) is 0 Å². The number of benzene rings is 2. The summed E-state index contributed by atoms with van der Waals surface area (Å²) >= 11 is 12.1. The number of nitrogens with one attached hydrogen (secondary N) is 2. The Morgan fingerprint density at radius 3 is 2.48 bits per heavy atom. The third-order valence-electron chi connectivity index (χ3n) is 3.30. The predicted octanol–water partition coefficient (Wildman–Crippen LogP) is 4.59. The first-order valence-corrected chi connectivity index (χ1v) is 7.72. The van der Waals surface area contributed by atoms with Gasteiger partial charge in [0, 0.05) is 11.6 Å². The lowest BCUT2D eigenvalue weighted by Gasteiger charge is -2.11. The number of hydrogen-bond donors (Lipinski definition) is 2. The summed E-state index contributed by atoms with van der Waals surface area (Å²) in [6.07, 6.45) is 1.72. The van der Waals surface area contributed by atoms with Crippen molar-refractivity contribution in [3.8, 4) is 0 Å². The van der Waals surface area contributed by atoms with Crippen molar-refractivity contribution in [2.45, 2.75) is 0 Å². The van der Waals surface area contributed by atoms with Gasteiger partial charge in [0.25, 0.3) is 0 Å². The largest absolute Gasteiger partial charge is 0.374 e. The van der Waals surface area contributed by atoms with E-state index in [1.807, 2.05) is 30.3 Å². The number of carbonyl (C=O) groups excluding carboxylic acids is 1. The van der Waals surface area contributed by atoms with E-state index >= 15 is 0 Å². The summed E-state index contributed by atoms with van der Waals surface area (Å²) in [6, 6.07) is 14.7. The zero-order valence-corrected chi connectivity index (χ0v) is 13.5. The molecule has 0 aliphatic rings. The Hall–Kier alpha value is -2.30. The quantitative estimate of drug-likeness (QED) is 0.726. The second kappa shape index (κ2) is 6.86. The molecule has 1 amide bonds. The molecule has 0 saturated carbocycles. The first-order chi connectivity index (χ1) is 11.1. The highest BCUT2D eigenvalue weighted by Crippen LogP contribution is 2.29. The lowest BCUT2D eigenvalue weighted by atomic mass is 10.2. The summed E-state index contributed by atoms with van der Waals surface area (Å²) in [5.74, 6) is -0.243. The highest BCUT2D eigenvalue weighted by Gasteiger charge is 2.10. The third-order valence-corrected chi connectivity index (χ3v) is 3.93. The van der Waals surface area contributed by atoms with E-state index in [2.05, 4.69) is 15.6 Å². The second-order valence-electron chi connectivity index (χ2n) is 4.88. The van der Waals surface area contributed by atoms with Crippen molar-refractivity contribution in [3.05, 3.63) is 64.8 Å². The molecule has 0 radical (unpaired) electrons. The molecule has 0 aliphatic heterocycles. The van der Waals surface area contributed by atoms with Gasteiger partial charge in [-0.15, -0.1) is 0 Å². The fourth-order valence-electron chi connectivity index (χ4n) is 2.22. The highest BCUT2D eigenvalue weighted by atomic mass is 35.5. The van der Waals surface area contributed by atoms with Crippen LogP contribution in [-0.4, -0.2) is 17.4 Å². The van der Waals surface area contributed by atoms with Gasteiger partial charge in [-0.05, 0) is 24.3 Å². The zero-order chi connectivity index (χ0) is 16.2. The highest BCUT2D eigenvalue weighted by molar-refractivity contribution is 6.39. The fourth-order valence-corrected chi connectivity index (χ4v) is 2.72. The molecular weight excluding hydrogens is 333 g/mol. The number of amides is 1. The van der Waals surface area contributed by atoms with E-state index < -0.39 is 0 Å². The van der Waals surface area contributed by atoms with E-state index in [9.17, 15) is 4.79 Å². The molecule has 2 aromatic carbocycles. The summed E-state index contributed by atoms with van der Waals surface area (Å²) < 4.78 is 0. The van der Waals surface area contributed by atoms with Crippen molar-refractivity contribution in [3.63, 3.8) is 0 Å². The summed E-state index contributed by atoms with van der Waals surface area (Å²) in [6.45, 7) is 0.0806. The molecule has 2 N–H and O–H groups in total. The molecule has 3 aromatic rings. The number of anilines is 2. The van der Waals surface area contributed by atoms with Crippen molar-refractivity contribution in [2.75, 3.05) is 17.2 Å². The summed E-state index contributed by atoms with van der Waals surface area (Å²) in [5, 5.41) is 7.60. The second-order valence-corrected chi connectivity index (χ2v) is 5.69. The molecule has 23 heavy (non-hydrogen) atoms. The minimum Gasteiger partial charge on any atom is -0.374 e. The number of fused-ring (bicyclic) bond motifs is 1. The molecular formula is C17H13Cl2N3O. The topological polar surface area (TPSA) is 54.0 Å². The molecule has 6 heteroatoms. The number of rotatable bonds is 4. The van der Waals surface area contributed by atoms with Crippen LogP contribution in [0.5, 0.6) is 0 Å². The van der Waals surface area contributed by atoms with Gasteiger partial charge in [-0.1, -0.05) is 47.5 Å². The number of carbonyl (C=O) groups is 1. The average Bonchev–Trinajstić information content (AvgIpc) is 2.56. The molecule has 1 aromatic heterocycles. The van der Waals surface area contributed by atoms with Crippen LogP contribution in [-0.2, 0) is 4.79 Å². The SMILES string of the molecule is O=C(CNc1cccc2cccnc12)Nc1c(Cl)cccc1Cl. The van der Waals surface area contributed by atoms with Gasteiger partial charge < -0.3 is 10.6 Å². The van der Waals surface area contributed by atoms with Gasteiger partial charge in [-0.2, -0.15) is 0 Å². The van der Waals surface area contributed by atoms with Crippen molar-refractivity contribution in [2.24, 2.45) is 0 Å². The Morgan fingerprint density at radius 1 is 1.00 bits per heavy atom. The standard InChI is InChI=1S/C17H13Cl2N3O/c18-12-6-2-7-13(19)17(12)22-15(23)10-21-14-8-1-4-11-5-3-9-20-16(11)14/h1-9,21H,10H2,(H,22,23). The van der Waals surface area contributed by atoms with Crippen LogP contribution in [0.4, 0.5) is 11.4 Å². The molecule has 0 spiro atoms. The molecule has 0 atom stereocenters. The van der Waals surface area contributed by atoms with E-state index in [1.54, 1.807) is 24.4 Å². The van der Waals surface area contributed by atoms with Gasteiger partial charge >= 0.3 is 0 Å². The lowest BCUT2D eigenvalue weighted by Crippen LogP contribution is -2.22. The Bertz CT molecular complexity index is 842. The van der Waals surface area contributed by atoms with Gasteiger partial charge in [-0.3, -0.25) is 9.78 Å². The minimum atomic E-state index is -0.243. The Kier molecular flexibility index (Phi) is 4.65. The summed E-state index contributed by atoms with van der Waals surface area (Å²) in [4.78, 5) is 16.4. The van der Waals surface area contributed by atoms with E-state index in [4.69, 9.17) is 23.2 Å². The lowest BCUT2D eigenvalue weighted by molar-refractivity contribution is -0.114. The van der Waals surface area contributed by atoms with Gasteiger partial charge in [0.05, 0.1) is 33.5 Å². The van der Waals surface area contributed by atoms with Crippen LogP contribution in [0.1, 0.15) is 0 Å². The third kappa shape index (κ3) is 3.55. The van der Waals surface area contributed by atoms with E-state index in [0.29, 0.717) is 15.7 Å². The van der Waals surface area contributed by atoms with Gasteiger partial charge in [-0.25, -0.2) is 0 Å². The maximum atomic E-state index is 12.1. The molecule has 0 aliphatic carbocycles. The Labute approximate surface area is 143 Å². The smallest absolute Gasteiger partial charge is 0.243 e. The summed E-state index contributed by atoms with van der Waals surface area (Å²) in [7, 11) is 0. The number of para-hydroxylation sites is 2. The van der Waals surface area contributed by atoms with Crippen LogP contribution in [0.25, 0.3) is 10.9 Å². The number of hydrogen-bond acceptors (Lipinski definition) is 3. The van der Waals surface area contributed by atoms with Crippen LogP contribution >= 0.6 is 23.2 Å². The van der Waals surface area contributed by atoms with Crippen molar-refractivity contribution >= 4 is 51.4 Å². The van der Waals surface area contributed by atoms with Crippen LogP contribution in [0, 0.1) is 0 Å². The normalized spacial score (nSPS) is 10.5. The van der Waals surface area contributed by atoms with Gasteiger partial charge in [0.2, 0.25) is 5.91 Å². The minimum absolute atomic E-state index is 0.0806. The maximum absolute atomic E-state index is 12.1. The van der Waals surface area contributed by atoms with Crippen molar-refractivity contribution in [1.82, 2.24) is 4.98 Å². The Morgan fingerprint density at radius 2 is 1.70 bits per heavy atom. The zero-order valence-electron chi connectivity index (χ0n) is 12.0. The number of aromatic nitrogens is 1. The van der Waals surface area contributed by atoms with Crippen LogP contribution in [0.2, 0.25) is 10.0 Å². The number of halogens is 2. The summed E-state index contributed by atoms with van der Waals surface area (Å²) in [5.41, 5.74) is 2.03. The molecule has 0 fully saturated rings. The molecule has 4 nitrogen and oxygen atoms in total. The van der Waals surface area contributed by atoms with E-state index in [0.717, 1.165) is 16.6 Å². The van der Waals surface area contributed by atoms with Crippen LogP contribution in [0.3, 0.4) is 0 Å². The van der Waals surface area contributed by atoms with Gasteiger partial charge in [0.15, 0.2) is 0 Å². The molecule has 0 saturated heterocycles. The Balaban J connectivity index is 1.71. The van der Waals surface area contributed by atoms with Gasteiger partial charge in [0.1, 0.15) is 0 Å². The first-order valence-electron chi connectivity index (χ1n) is 6.96. The predicted molar refractivity (Wildman–Crippen MR) is 95.3 cm³/mol.